The number of fused-ring (bicyclic) bond motifs is 1. The summed E-state index contributed by atoms with van der Waals surface area (Å²) in [7, 11) is 0. The van der Waals surface area contributed by atoms with Crippen LogP contribution in [0.5, 0.6) is 5.75 Å². The third-order valence-electron chi connectivity index (χ3n) is 5.04. The van der Waals surface area contributed by atoms with Crippen molar-refractivity contribution >= 4 is 22.9 Å². The summed E-state index contributed by atoms with van der Waals surface area (Å²) >= 11 is 1.44. The fourth-order valence-corrected chi connectivity index (χ4v) is 4.27. The van der Waals surface area contributed by atoms with Gasteiger partial charge in [0.2, 0.25) is 0 Å². The molecule has 8 nitrogen and oxygen atoms in total. The SMILES string of the molecule is O=C(NC1CCN(Cc2cc([N+](=O)[O-])cc3c2OCOC3)CC1)c1cccs1. The average molecular weight is 403 g/mol. The maximum atomic E-state index is 12.2. The van der Waals surface area contributed by atoms with Crippen LogP contribution in [-0.2, 0) is 17.9 Å². The zero-order chi connectivity index (χ0) is 19.5. The third-order valence-corrected chi connectivity index (χ3v) is 5.91. The van der Waals surface area contributed by atoms with Crippen LogP contribution >= 0.6 is 11.3 Å². The van der Waals surface area contributed by atoms with Gasteiger partial charge in [0.05, 0.1) is 16.4 Å². The number of amides is 1. The second-order valence-electron chi connectivity index (χ2n) is 6.96. The Morgan fingerprint density at radius 2 is 2.18 bits per heavy atom. The summed E-state index contributed by atoms with van der Waals surface area (Å²) in [6.45, 7) is 2.68. The minimum Gasteiger partial charge on any atom is -0.467 e. The Balaban J connectivity index is 1.39. The molecule has 4 rings (SSSR count). The van der Waals surface area contributed by atoms with Crippen LogP contribution in [0.4, 0.5) is 5.69 Å². The predicted octanol–water partition coefficient (Wildman–Crippen LogP) is 2.92. The van der Waals surface area contributed by atoms with Gasteiger partial charge in [-0.1, -0.05) is 6.07 Å². The molecule has 3 heterocycles. The van der Waals surface area contributed by atoms with Crippen LogP contribution < -0.4 is 10.1 Å². The number of hydrogen-bond donors (Lipinski definition) is 1. The largest absolute Gasteiger partial charge is 0.467 e. The van der Waals surface area contributed by atoms with E-state index in [2.05, 4.69) is 10.2 Å². The van der Waals surface area contributed by atoms with E-state index < -0.39 is 0 Å². The van der Waals surface area contributed by atoms with Gasteiger partial charge in [0.1, 0.15) is 5.75 Å². The van der Waals surface area contributed by atoms with Gasteiger partial charge in [0, 0.05) is 48.9 Å². The van der Waals surface area contributed by atoms with Crippen molar-refractivity contribution in [2.24, 2.45) is 0 Å². The number of nitrogens with zero attached hydrogens (tertiary/aromatic N) is 2. The minimum absolute atomic E-state index is 0.0189. The highest BCUT2D eigenvalue weighted by Gasteiger charge is 2.25. The Bertz CT molecular complexity index is 863. The number of hydrogen-bond acceptors (Lipinski definition) is 7. The zero-order valence-corrected chi connectivity index (χ0v) is 16.1. The molecular weight excluding hydrogens is 382 g/mol. The monoisotopic (exact) mass is 403 g/mol. The highest BCUT2D eigenvalue weighted by molar-refractivity contribution is 7.12. The molecule has 28 heavy (non-hydrogen) atoms. The number of nitro groups is 1. The van der Waals surface area contributed by atoms with E-state index in [1.165, 1.54) is 17.4 Å². The highest BCUT2D eigenvalue weighted by atomic mass is 32.1. The normalized spacial score (nSPS) is 17.6. The molecule has 9 heteroatoms. The Morgan fingerprint density at radius 1 is 1.36 bits per heavy atom. The molecule has 1 saturated heterocycles. The summed E-state index contributed by atoms with van der Waals surface area (Å²) in [6.07, 6.45) is 1.69. The molecular formula is C19H21N3O5S. The number of non-ortho nitro benzene ring substituents is 1. The highest BCUT2D eigenvalue weighted by Crippen LogP contribution is 2.33. The van der Waals surface area contributed by atoms with Crippen LogP contribution in [0, 0.1) is 10.1 Å². The molecule has 1 amide bonds. The summed E-state index contributed by atoms with van der Waals surface area (Å²) in [5, 5.41) is 16.2. The number of thiophene rings is 1. The number of piperidine rings is 1. The van der Waals surface area contributed by atoms with Crippen LogP contribution in [0.15, 0.2) is 29.6 Å². The molecule has 0 spiro atoms. The lowest BCUT2D eigenvalue weighted by Gasteiger charge is -2.33. The number of carbonyl (C=O) groups excluding carboxylic acids is 1. The summed E-state index contributed by atoms with van der Waals surface area (Å²) in [5.74, 6) is 0.680. The van der Waals surface area contributed by atoms with Crippen molar-refractivity contribution in [1.29, 1.82) is 0 Å². The van der Waals surface area contributed by atoms with Gasteiger partial charge in [-0.15, -0.1) is 11.3 Å². The van der Waals surface area contributed by atoms with E-state index >= 15 is 0 Å². The van der Waals surface area contributed by atoms with E-state index in [0.29, 0.717) is 24.5 Å². The molecule has 0 radical (unpaired) electrons. The molecule has 0 atom stereocenters. The van der Waals surface area contributed by atoms with E-state index in [4.69, 9.17) is 9.47 Å². The third kappa shape index (κ3) is 4.16. The Kier molecular flexibility index (Phi) is 5.56. The second-order valence-corrected chi connectivity index (χ2v) is 7.91. The van der Waals surface area contributed by atoms with Gasteiger partial charge in [0.15, 0.2) is 6.79 Å². The lowest BCUT2D eigenvalue weighted by Crippen LogP contribution is -2.44. The van der Waals surface area contributed by atoms with Crippen molar-refractivity contribution < 1.29 is 19.2 Å². The molecule has 1 aromatic heterocycles. The van der Waals surface area contributed by atoms with Crippen molar-refractivity contribution in [2.75, 3.05) is 19.9 Å². The van der Waals surface area contributed by atoms with E-state index in [-0.39, 0.29) is 29.4 Å². The van der Waals surface area contributed by atoms with E-state index in [1.807, 2.05) is 17.5 Å². The van der Waals surface area contributed by atoms with Gasteiger partial charge in [-0.2, -0.15) is 0 Å². The van der Waals surface area contributed by atoms with E-state index in [1.54, 1.807) is 6.07 Å². The first-order valence-electron chi connectivity index (χ1n) is 9.17. The number of nitro benzene ring substituents is 1. The molecule has 0 bridgehead atoms. The number of nitrogens with one attached hydrogen (secondary N) is 1. The van der Waals surface area contributed by atoms with Crippen molar-refractivity contribution in [3.63, 3.8) is 0 Å². The van der Waals surface area contributed by atoms with Crippen molar-refractivity contribution in [2.45, 2.75) is 32.0 Å². The van der Waals surface area contributed by atoms with E-state index in [0.717, 1.165) is 36.4 Å². The Labute approximate surface area is 166 Å². The van der Waals surface area contributed by atoms with Gasteiger partial charge in [-0.3, -0.25) is 19.8 Å². The molecule has 1 aromatic carbocycles. The first-order valence-corrected chi connectivity index (χ1v) is 10.1. The average Bonchev–Trinajstić information content (AvgIpc) is 3.24. The quantitative estimate of drug-likeness (QED) is 0.609. The van der Waals surface area contributed by atoms with Gasteiger partial charge in [-0.05, 0) is 24.3 Å². The molecule has 0 unspecified atom stereocenters. The summed E-state index contributed by atoms with van der Waals surface area (Å²) in [6, 6.07) is 6.95. The van der Waals surface area contributed by atoms with E-state index in [9.17, 15) is 14.9 Å². The topological polar surface area (TPSA) is 93.9 Å². The first-order chi connectivity index (χ1) is 13.6. The van der Waals surface area contributed by atoms with Gasteiger partial charge in [-0.25, -0.2) is 0 Å². The molecule has 2 aliphatic heterocycles. The van der Waals surface area contributed by atoms with Gasteiger partial charge in [0.25, 0.3) is 11.6 Å². The fraction of sp³-hybridized carbons (Fsp3) is 0.421. The number of benzene rings is 1. The zero-order valence-electron chi connectivity index (χ0n) is 15.3. The number of ether oxygens (including phenoxy) is 2. The maximum Gasteiger partial charge on any atom is 0.270 e. The number of likely N-dealkylation sites (tertiary alicyclic amines) is 1. The van der Waals surface area contributed by atoms with Crippen LogP contribution in [0.1, 0.15) is 33.6 Å². The van der Waals surface area contributed by atoms with Crippen LogP contribution in [0.25, 0.3) is 0 Å². The summed E-state index contributed by atoms with van der Waals surface area (Å²) in [4.78, 5) is 26.0. The number of rotatable bonds is 5. The summed E-state index contributed by atoms with van der Waals surface area (Å²) in [5.41, 5.74) is 1.59. The number of carbonyl (C=O) groups is 1. The second kappa shape index (κ2) is 8.26. The molecule has 2 aromatic rings. The van der Waals surface area contributed by atoms with Crippen LogP contribution in [-0.4, -0.2) is 41.7 Å². The predicted molar refractivity (Wildman–Crippen MR) is 103 cm³/mol. The smallest absolute Gasteiger partial charge is 0.270 e. The minimum atomic E-state index is -0.384. The maximum absolute atomic E-state index is 12.2. The lowest BCUT2D eigenvalue weighted by molar-refractivity contribution is -0.385. The molecule has 1 N–H and O–H groups in total. The fourth-order valence-electron chi connectivity index (χ4n) is 3.64. The Hall–Kier alpha value is -2.49. The molecule has 2 aliphatic rings. The molecule has 1 fully saturated rings. The van der Waals surface area contributed by atoms with Crippen molar-refractivity contribution in [3.8, 4) is 5.75 Å². The van der Waals surface area contributed by atoms with Crippen molar-refractivity contribution in [1.82, 2.24) is 10.2 Å². The molecule has 0 saturated carbocycles. The molecule has 0 aliphatic carbocycles. The standard InChI is InChI=1S/C19H21N3O5S/c23-19(17-2-1-7-28-17)20-15-3-5-21(6-4-15)10-13-8-16(22(24)25)9-14-11-26-12-27-18(13)14/h1-2,7-9,15H,3-6,10-12H2,(H,20,23). The van der Waals surface area contributed by atoms with Crippen LogP contribution in [0.2, 0.25) is 0 Å². The van der Waals surface area contributed by atoms with Crippen LogP contribution in [0.3, 0.4) is 0 Å². The molecule has 148 valence electrons. The first kappa shape index (κ1) is 18.9. The van der Waals surface area contributed by atoms with Gasteiger partial charge < -0.3 is 14.8 Å². The van der Waals surface area contributed by atoms with Crippen molar-refractivity contribution in [3.05, 3.63) is 55.8 Å². The summed E-state index contributed by atoms with van der Waals surface area (Å²) < 4.78 is 10.9. The Morgan fingerprint density at radius 3 is 2.89 bits per heavy atom. The van der Waals surface area contributed by atoms with Gasteiger partial charge >= 0.3 is 0 Å². The lowest BCUT2D eigenvalue weighted by atomic mass is 10.0.